The van der Waals surface area contributed by atoms with Gasteiger partial charge in [0.25, 0.3) is 5.91 Å². The van der Waals surface area contributed by atoms with E-state index in [9.17, 15) is 14.4 Å². The minimum absolute atomic E-state index is 0.160. The van der Waals surface area contributed by atoms with Gasteiger partial charge in [-0.2, -0.15) is 0 Å². The quantitative estimate of drug-likeness (QED) is 0.740. The van der Waals surface area contributed by atoms with E-state index in [4.69, 9.17) is 0 Å². The lowest BCUT2D eigenvalue weighted by atomic mass is 10.1. The lowest BCUT2D eigenvalue weighted by molar-refractivity contribution is -0.111. The van der Waals surface area contributed by atoms with Gasteiger partial charge in [0.1, 0.15) is 0 Å². The Morgan fingerprint density at radius 3 is 2.69 bits per heavy atom. The number of fused-ring (bicyclic) bond motifs is 1. The SMILES string of the molecule is C=CC(=O)Nc1cccc(C(=O)Nc2ccc3c(c2)CN(C)C(=O)N3)c1. The smallest absolute Gasteiger partial charge is 0.321 e. The lowest BCUT2D eigenvalue weighted by Gasteiger charge is -2.26. The second-order valence-corrected chi connectivity index (χ2v) is 5.89. The molecule has 132 valence electrons. The molecule has 1 aliphatic heterocycles. The highest BCUT2D eigenvalue weighted by Crippen LogP contribution is 2.26. The maximum absolute atomic E-state index is 12.5. The Labute approximate surface area is 150 Å². The molecule has 0 saturated heterocycles. The Kier molecular flexibility index (Phi) is 4.70. The van der Waals surface area contributed by atoms with E-state index in [1.165, 1.54) is 0 Å². The van der Waals surface area contributed by atoms with Gasteiger partial charge in [0.15, 0.2) is 0 Å². The third-order valence-corrected chi connectivity index (χ3v) is 3.94. The molecule has 3 N–H and O–H groups in total. The van der Waals surface area contributed by atoms with Crippen LogP contribution in [-0.2, 0) is 11.3 Å². The molecule has 3 rings (SSSR count). The van der Waals surface area contributed by atoms with Crippen LogP contribution in [0.4, 0.5) is 21.9 Å². The number of hydrogen-bond acceptors (Lipinski definition) is 3. The highest BCUT2D eigenvalue weighted by atomic mass is 16.2. The first-order valence-corrected chi connectivity index (χ1v) is 7.96. The Bertz CT molecular complexity index is 907. The van der Waals surface area contributed by atoms with Gasteiger partial charge in [0.05, 0.1) is 0 Å². The summed E-state index contributed by atoms with van der Waals surface area (Å²) in [5.41, 5.74) is 3.20. The molecule has 1 heterocycles. The lowest BCUT2D eigenvalue weighted by Crippen LogP contribution is -2.35. The van der Waals surface area contributed by atoms with Crippen molar-refractivity contribution in [2.75, 3.05) is 23.0 Å². The highest BCUT2D eigenvalue weighted by molar-refractivity contribution is 6.06. The second kappa shape index (κ2) is 7.10. The summed E-state index contributed by atoms with van der Waals surface area (Å²) in [4.78, 5) is 37.1. The van der Waals surface area contributed by atoms with Gasteiger partial charge in [-0.1, -0.05) is 12.6 Å². The molecule has 0 aliphatic carbocycles. The first-order valence-electron chi connectivity index (χ1n) is 7.96. The Balaban J connectivity index is 1.75. The molecular formula is C19H18N4O3. The zero-order valence-electron chi connectivity index (χ0n) is 14.2. The summed E-state index contributed by atoms with van der Waals surface area (Å²) in [6, 6.07) is 11.8. The van der Waals surface area contributed by atoms with Crippen molar-refractivity contribution in [2.45, 2.75) is 6.54 Å². The van der Waals surface area contributed by atoms with Crippen molar-refractivity contribution in [2.24, 2.45) is 0 Å². The van der Waals surface area contributed by atoms with E-state index in [0.717, 1.165) is 17.3 Å². The topological polar surface area (TPSA) is 90.5 Å². The van der Waals surface area contributed by atoms with E-state index >= 15 is 0 Å². The van der Waals surface area contributed by atoms with Crippen LogP contribution in [0.5, 0.6) is 0 Å². The van der Waals surface area contributed by atoms with Crippen LogP contribution in [0.25, 0.3) is 0 Å². The fraction of sp³-hybridized carbons (Fsp3) is 0.105. The van der Waals surface area contributed by atoms with Crippen LogP contribution < -0.4 is 16.0 Å². The average Bonchev–Trinajstić information content (AvgIpc) is 2.63. The molecule has 0 saturated carbocycles. The van der Waals surface area contributed by atoms with Crippen molar-refractivity contribution in [1.29, 1.82) is 0 Å². The summed E-state index contributed by atoms with van der Waals surface area (Å²) in [6.07, 6.45) is 1.16. The molecule has 0 aromatic heterocycles. The van der Waals surface area contributed by atoms with Crippen LogP contribution in [0.15, 0.2) is 55.1 Å². The van der Waals surface area contributed by atoms with Gasteiger partial charge in [-0.15, -0.1) is 0 Å². The van der Waals surface area contributed by atoms with Crippen molar-refractivity contribution in [1.82, 2.24) is 4.90 Å². The molecule has 2 aromatic rings. The Morgan fingerprint density at radius 1 is 1.15 bits per heavy atom. The molecule has 0 spiro atoms. The van der Waals surface area contributed by atoms with Crippen molar-refractivity contribution in [3.8, 4) is 0 Å². The number of benzene rings is 2. The summed E-state index contributed by atoms with van der Waals surface area (Å²) in [5, 5.41) is 8.22. The maximum Gasteiger partial charge on any atom is 0.321 e. The number of anilines is 3. The minimum Gasteiger partial charge on any atom is -0.323 e. The van der Waals surface area contributed by atoms with Crippen molar-refractivity contribution >= 4 is 34.9 Å². The molecule has 0 bridgehead atoms. The van der Waals surface area contributed by atoms with E-state index < -0.39 is 0 Å². The van der Waals surface area contributed by atoms with Crippen LogP contribution in [0, 0.1) is 0 Å². The fourth-order valence-electron chi connectivity index (χ4n) is 2.60. The number of rotatable bonds is 4. The standard InChI is InChI=1S/C19H18N4O3/c1-3-17(24)20-14-6-4-5-12(9-14)18(25)21-15-7-8-16-13(10-15)11-23(2)19(26)22-16/h3-10H,1,11H2,2H3,(H,20,24)(H,21,25)(H,22,26). The van der Waals surface area contributed by atoms with Crippen LogP contribution in [-0.4, -0.2) is 29.8 Å². The largest absolute Gasteiger partial charge is 0.323 e. The van der Waals surface area contributed by atoms with E-state index in [-0.39, 0.29) is 17.8 Å². The van der Waals surface area contributed by atoms with Crippen molar-refractivity contribution < 1.29 is 14.4 Å². The molecular weight excluding hydrogens is 332 g/mol. The number of carbonyl (C=O) groups is 3. The van der Waals surface area contributed by atoms with Crippen LogP contribution in [0.3, 0.4) is 0 Å². The summed E-state index contributed by atoms with van der Waals surface area (Å²) < 4.78 is 0. The molecule has 2 aromatic carbocycles. The van der Waals surface area contributed by atoms with Gasteiger partial charge in [0.2, 0.25) is 5.91 Å². The number of nitrogens with zero attached hydrogens (tertiary/aromatic N) is 1. The van der Waals surface area contributed by atoms with Gasteiger partial charge in [0, 0.05) is 36.2 Å². The van der Waals surface area contributed by atoms with Crippen molar-refractivity contribution in [3.05, 3.63) is 66.2 Å². The van der Waals surface area contributed by atoms with Gasteiger partial charge < -0.3 is 20.9 Å². The summed E-state index contributed by atoms with van der Waals surface area (Å²) >= 11 is 0. The van der Waals surface area contributed by atoms with E-state index in [1.807, 2.05) is 6.07 Å². The molecule has 0 unspecified atom stereocenters. The van der Waals surface area contributed by atoms with Gasteiger partial charge in [-0.25, -0.2) is 4.79 Å². The summed E-state index contributed by atoms with van der Waals surface area (Å²) in [5.74, 6) is -0.642. The van der Waals surface area contributed by atoms with E-state index in [1.54, 1.807) is 48.3 Å². The van der Waals surface area contributed by atoms with Crippen LogP contribution in [0.2, 0.25) is 0 Å². The van der Waals surface area contributed by atoms with Crippen LogP contribution in [0.1, 0.15) is 15.9 Å². The molecule has 4 amide bonds. The first-order chi connectivity index (χ1) is 12.5. The number of hydrogen-bond donors (Lipinski definition) is 3. The molecule has 7 heteroatoms. The highest BCUT2D eigenvalue weighted by Gasteiger charge is 2.19. The zero-order chi connectivity index (χ0) is 18.7. The van der Waals surface area contributed by atoms with Crippen molar-refractivity contribution in [3.63, 3.8) is 0 Å². The fourth-order valence-corrected chi connectivity index (χ4v) is 2.60. The van der Waals surface area contributed by atoms with Gasteiger partial charge in [-0.3, -0.25) is 9.59 Å². The third-order valence-electron chi connectivity index (χ3n) is 3.94. The minimum atomic E-state index is -0.344. The van der Waals surface area contributed by atoms with E-state index in [0.29, 0.717) is 23.5 Å². The van der Waals surface area contributed by atoms with Crippen LogP contribution >= 0.6 is 0 Å². The molecule has 7 nitrogen and oxygen atoms in total. The Morgan fingerprint density at radius 2 is 1.92 bits per heavy atom. The molecule has 0 atom stereocenters. The number of carbonyl (C=O) groups excluding carboxylic acids is 3. The molecule has 1 aliphatic rings. The zero-order valence-corrected chi connectivity index (χ0v) is 14.2. The number of urea groups is 1. The maximum atomic E-state index is 12.5. The predicted octanol–water partition coefficient (Wildman–Crippen LogP) is 3.04. The first kappa shape index (κ1) is 17.2. The summed E-state index contributed by atoms with van der Waals surface area (Å²) in [7, 11) is 1.70. The number of nitrogens with one attached hydrogen (secondary N) is 3. The Hall–Kier alpha value is -3.61. The average molecular weight is 350 g/mol. The van der Waals surface area contributed by atoms with Gasteiger partial charge >= 0.3 is 6.03 Å². The monoisotopic (exact) mass is 350 g/mol. The van der Waals surface area contributed by atoms with Gasteiger partial charge in [-0.05, 0) is 48.0 Å². The third kappa shape index (κ3) is 3.72. The molecule has 0 radical (unpaired) electrons. The molecule has 26 heavy (non-hydrogen) atoms. The summed E-state index contributed by atoms with van der Waals surface area (Å²) in [6.45, 7) is 3.86. The van der Waals surface area contributed by atoms with E-state index in [2.05, 4.69) is 22.5 Å². The predicted molar refractivity (Wildman–Crippen MR) is 100 cm³/mol. The normalized spacial score (nSPS) is 12.7. The second-order valence-electron chi connectivity index (χ2n) is 5.89. The number of amides is 4. The molecule has 0 fully saturated rings.